The van der Waals surface area contributed by atoms with Crippen LogP contribution >= 0.6 is 23.1 Å². The number of carbonyl (C=O) groups is 1. The van der Waals surface area contributed by atoms with Crippen LogP contribution < -0.4 is 14.3 Å². The van der Waals surface area contributed by atoms with Gasteiger partial charge in [0.15, 0.2) is 16.3 Å². The van der Waals surface area contributed by atoms with E-state index < -0.39 is 0 Å². The molecule has 0 aliphatic carbocycles. The first-order valence-corrected chi connectivity index (χ1v) is 10.6. The Morgan fingerprint density at radius 1 is 1.22 bits per heavy atom. The van der Waals surface area contributed by atoms with E-state index in [0.29, 0.717) is 11.2 Å². The van der Waals surface area contributed by atoms with Crippen LogP contribution in [-0.4, -0.2) is 23.0 Å². The van der Waals surface area contributed by atoms with Gasteiger partial charge >= 0.3 is 0 Å². The summed E-state index contributed by atoms with van der Waals surface area (Å²) in [7, 11) is 1.92. The number of rotatable bonds is 5. The third kappa shape index (κ3) is 4.04. The van der Waals surface area contributed by atoms with Crippen LogP contribution in [0.15, 0.2) is 46.3 Å². The SMILES string of the molecule is Cc1ccc(SCCCC(=O)N=c2sc3cc4c(cc3n2C)OCO4)cc1. The molecular weight excluding hydrogens is 380 g/mol. The summed E-state index contributed by atoms with van der Waals surface area (Å²) in [6.07, 6.45) is 1.27. The minimum absolute atomic E-state index is 0.0818. The van der Waals surface area contributed by atoms with Crippen molar-refractivity contribution in [2.24, 2.45) is 12.0 Å². The van der Waals surface area contributed by atoms with E-state index in [1.807, 2.05) is 23.7 Å². The van der Waals surface area contributed by atoms with E-state index in [9.17, 15) is 4.79 Å². The fourth-order valence-electron chi connectivity index (χ4n) is 2.83. The Balaban J connectivity index is 1.40. The highest BCUT2D eigenvalue weighted by Gasteiger charge is 2.16. The molecule has 27 heavy (non-hydrogen) atoms. The van der Waals surface area contributed by atoms with E-state index in [0.717, 1.165) is 33.9 Å². The number of hydrogen-bond acceptors (Lipinski definition) is 5. The van der Waals surface area contributed by atoms with E-state index in [1.165, 1.54) is 21.8 Å². The largest absolute Gasteiger partial charge is 0.454 e. The van der Waals surface area contributed by atoms with Gasteiger partial charge < -0.3 is 14.0 Å². The maximum absolute atomic E-state index is 12.3. The van der Waals surface area contributed by atoms with Gasteiger partial charge in [0.25, 0.3) is 0 Å². The molecule has 0 saturated carbocycles. The molecule has 2 aromatic carbocycles. The van der Waals surface area contributed by atoms with Gasteiger partial charge in [-0.1, -0.05) is 29.0 Å². The van der Waals surface area contributed by atoms with Crippen molar-refractivity contribution in [2.45, 2.75) is 24.7 Å². The number of thioether (sulfide) groups is 1. The number of benzene rings is 2. The molecule has 1 amide bonds. The van der Waals surface area contributed by atoms with Gasteiger partial charge in [-0.15, -0.1) is 11.8 Å². The molecule has 3 aromatic rings. The van der Waals surface area contributed by atoms with Crippen LogP contribution in [0.5, 0.6) is 11.5 Å². The van der Waals surface area contributed by atoms with Crippen LogP contribution in [0.1, 0.15) is 18.4 Å². The molecular formula is C20H20N2O3S2. The molecule has 7 heteroatoms. The van der Waals surface area contributed by atoms with Gasteiger partial charge in [0.1, 0.15) is 0 Å². The first kappa shape index (κ1) is 18.1. The molecule has 0 radical (unpaired) electrons. The van der Waals surface area contributed by atoms with Crippen LogP contribution in [0.2, 0.25) is 0 Å². The molecule has 2 heterocycles. The lowest BCUT2D eigenvalue weighted by Crippen LogP contribution is -2.13. The summed E-state index contributed by atoms with van der Waals surface area (Å²) >= 11 is 3.26. The van der Waals surface area contributed by atoms with Crippen molar-refractivity contribution in [1.82, 2.24) is 4.57 Å². The summed E-state index contributed by atoms with van der Waals surface area (Å²) in [4.78, 5) is 18.5. The summed E-state index contributed by atoms with van der Waals surface area (Å²) < 4.78 is 13.8. The van der Waals surface area contributed by atoms with Gasteiger partial charge in [-0.05, 0) is 31.2 Å². The highest BCUT2D eigenvalue weighted by atomic mass is 32.2. The monoisotopic (exact) mass is 400 g/mol. The molecule has 0 atom stereocenters. The molecule has 0 saturated heterocycles. The van der Waals surface area contributed by atoms with Gasteiger partial charge in [-0.2, -0.15) is 4.99 Å². The number of aryl methyl sites for hydroxylation is 2. The highest BCUT2D eigenvalue weighted by Crippen LogP contribution is 2.36. The first-order valence-electron chi connectivity index (χ1n) is 8.76. The summed E-state index contributed by atoms with van der Waals surface area (Å²) in [5.74, 6) is 2.31. The van der Waals surface area contributed by atoms with Crippen molar-refractivity contribution in [2.75, 3.05) is 12.5 Å². The Hall–Kier alpha value is -2.25. The number of ether oxygens (including phenoxy) is 2. The number of fused-ring (bicyclic) bond motifs is 2. The Kier molecular flexibility index (Phi) is 5.22. The van der Waals surface area contributed by atoms with Crippen LogP contribution in [0, 0.1) is 6.92 Å². The lowest BCUT2D eigenvalue weighted by Gasteiger charge is -2.01. The van der Waals surface area contributed by atoms with Gasteiger partial charge in [-0.3, -0.25) is 4.79 Å². The van der Waals surface area contributed by atoms with E-state index in [2.05, 4.69) is 36.2 Å². The zero-order chi connectivity index (χ0) is 18.8. The number of amides is 1. The van der Waals surface area contributed by atoms with Crippen molar-refractivity contribution in [3.8, 4) is 11.5 Å². The topological polar surface area (TPSA) is 52.8 Å². The third-order valence-corrected chi connectivity index (χ3v) is 6.54. The quantitative estimate of drug-likeness (QED) is 0.474. The molecule has 0 bridgehead atoms. The van der Waals surface area contributed by atoms with Crippen molar-refractivity contribution < 1.29 is 14.3 Å². The minimum atomic E-state index is -0.0818. The normalized spacial score (nSPS) is 13.5. The standard InChI is InChI=1S/C20H20N2O3S2/c1-13-5-7-14(8-6-13)26-9-3-4-19(23)21-20-22(2)15-10-16-17(25-12-24-16)11-18(15)27-20/h5-8,10-11H,3-4,9,12H2,1-2H3. The van der Waals surface area contributed by atoms with Crippen molar-refractivity contribution >= 4 is 39.2 Å². The average molecular weight is 401 g/mol. The molecule has 0 unspecified atom stereocenters. The van der Waals surface area contributed by atoms with E-state index in [1.54, 1.807) is 11.8 Å². The fraction of sp³-hybridized carbons (Fsp3) is 0.300. The second-order valence-electron chi connectivity index (χ2n) is 6.39. The zero-order valence-electron chi connectivity index (χ0n) is 15.2. The van der Waals surface area contributed by atoms with Crippen LogP contribution in [-0.2, 0) is 11.8 Å². The van der Waals surface area contributed by atoms with Gasteiger partial charge in [0, 0.05) is 30.5 Å². The van der Waals surface area contributed by atoms with E-state index in [4.69, 9.17) is 9.47 Å². The molecule has 140 valence electrons. The first-order chi connectivity index (χ1) is 13.1. The number of carbonyl (C=O) groups excluding carboxylic acids is 1. The Bertz CT molecular complexity index is 1050. The molecule has 1 aromatic heterocycles. The smallest absolute Gasteiger partial charge is 0.248 e. The Morgan fingerprint density at radius 2 is 1.96 bits per heavy atom. The van der Waals surface area contributed by atoms with Crippen molar-refractivity contribution in [3.63, 3.8) is 0 Å². The molecule has 0 N–H and O–H groups in total. The molecule has 4 rings (SSSR count). The summed E-state index contributed by atoms with van der Waals surface area (Å²) in [5, 5.41) is 0. The Morgan fingerprint density at radius 3 is 2.74 bits per heavy atom. The van der Waals surface area contributed by atoms with Crippen LogP contribution in [0.25, 0.3) is 10.2 Å². The maximum Gasteiger partial charge on any atom is 0.248 e. The third-order valence-electron chi connectivity index (χ3n) is 4.35. The molecule has 0 fully saturated rings. The van der Waals surface area contributed by atoms with Gasteiger partial charge in [0.05, 0.1) is 10.2 Å². The Labute approximate surface area is 165 Å². The van der Waals surface area contributed by atoms with Crippen molar-refractivity contribution in [3.05, 3.63) is 46.8 Å². The van der Waals surface area contributed by atoms with Crippen LogP contribution in [0.3, 0.4) is 0 Å². The second kappa shape index (κ2) is 7.78. The van der Waals surface area contributed by atoms with Gasteiger partial charge in [0.2, 0.25) is 12.7 Å². The average Bonchev–Trinajstić information content (AvgIpc) is 3.23. The number of thiazole rings is 1. The van der Waals surface area contributed by atoms with E-state index >= 15 is 0 Å². The predicted octanol–water partition coefficient (Wildman–Crippen LogP) is 4.28. The van der Waals surface area contributed by atoms with Gasteiger partial charge in [-0.25, -0.2) is 0 Å². The van der Waals surface area contributed by atoms with Crippen LogP contribution in [0.4, 0.5) is 0 Å². The number of aromatic nitrogens is 1. The zero-order valence-corrected chi connectivity index (χ0v) is 16.9. The fourth-order valence-corrected chi connectivity index (χ4v) is 4.73. The summed E-state index contributed by atoms with van der Waals surface area (Å²) in [5.41, 5.74) is 2.25. The molecule has 0 spiro atoms. The maximum atomic E-state index is 12.3. The van der Waals surface area contributed by atoms with E-state index in [-0.39, 0.29) is 12.7 Å². The summed E-state index contributed by atoms with van der Waals surface area (Å²) in [6, 6.07) is 12.3. The molecule has 1 aliphatic heterocycles. The summed E-state index contributed by atoms with van der Waals surface area (Å²) in [6.45, 7) is 2.34. The number of nitrogens with zero attached hydrogens (tertiary/aromatic N) is 2. The predicted molar refractivity (Wildman–Crippen MR) is 109 cm³/mol. The second-order valence-corrected chi connectivity index (χ2v) is 8.56. The highest BCUT2D eigenvalue weighted by molar-refractivity contribution is 7.99. The lowest BCUT2D eigenvalue weighted by molar-refractivity contribution is -0.118. The lowest BCUT2D eigenvalue weighted by atomic mass is 10.2. The van der Waals surface area contributed by atoms with Crippen molar-refractivity contribution in [1.29, 1.82) is 0 Å². The number of hydrogen-bond donors (Lipinski definition) is 0. The molecule has 1 aliphatic rings. The molecule has 5 nitrogen and oxygen atoms in total. The minimum Gasteiger partial charge on any atom is -0.454 e.